The Hall–Kier alpha value is -0.450. The van der Waals surface area contributed by atoms with E-state index in [-0.39, 0.29) is 23.4 Å². The number of hydrogen-bond donors (Lipinski definition) is 0. The van der Waals surface area contributed by atoms with Gasteiger partial charge in [-0.05, 0) is 54.9 Å². The smallest absolute Gasteiger partial charge is 0.166 e. The van der Waals surface area contributed by atoms with Gasteiger partial charge in [-0.2, -0.15) is 0 Å². The maximum absolute atomic E-state index is 12.4. The Bertz CT molecular complexity index is 321. The molecule has 0 rings (SSSR count). The van der Waals surface area contributed by atoms with Gasteiger partial charge in [0, 0.05) is 13.0 Å². The number of Topliss-reactive ketones (excluding diaryl/α,β-unsaturated/α-hetero) is 1. The van der Waals surface area contributed by atoms with E-state index in [0.29, 0.717) is 6.61 Å². The minimum absolute atomic E-state index is 0.0442. The molecule has 0 aromatic heterocycles. The van der Waals surface area contributed by atoms with Crippen LogP contribution < -0.4 is 0 Å². The first kappa shape index (κ1) is 20.6. The predicted octanol–water partition coefficient (Wildman–Crippen LogP) is 3.62. The van der Waals surface area contributed by atoms with E-state index in [0.717, 1.165) is 6.42 Å². The van der Waals surface area contributed by atoms with Crippen LogP contribution in [0.1, 0.15) is 61.8 Å². The molecular formula is C17H34O4. The molecule has 4 heteroatoms. The molecule has 2 atom stereocenters. The van der Waals surface area contributed by atoms with Crippen LogP contribution in [0.2, 0.25) is 0 Å². The third kappa shape index (κ3) is 7.39. The molecule has 0 saturated heterocycles. The van der Waals surface area contributed by atoms with Gasteiger partial charge in [-0.25, -0.2) is 0 Å². The van der Waals surface area contributed by atoms with Gasteiger partial charge >= 0.3 is 0 Å². The molecule has 0 N–H and O–H groups in total. The van der Waals surface area contributed by atoms with Crippen molar-refractivity contribution in [2.24, 2.45) is 5.92 Å². The van der Waals surface area contributed by atoms with Gasteiger partial charge < -0.3 is 14.2 Å². The number of carbonyl (C=O) groups is 1. The molecule has 0 bridgehead atoms. The van der Waals surface area contributed by atoms with E-state index < -0.39 is 11.7 Å². The summed E-state index contributed by atoms with van der Waals surface area (Å²) in [6, 6.07) is 0. The summed E-state index contributed by atoms with van der Waals surface area (Å²) in [5, 5.41) is 0. The fourth-order valence-corrected chi connectivity index (χ4v) is 1.96. The van der Waals surface area contributed by atoms with Crippen LogP contribution in [-0.4, -0.2) is 42.9 Å². The summed E-state index contributed by atoms with van der Waals surface area (Å²) < 4.78 is 16.9. The zero-order chi connectivity index (χ0) is 16.8. The fourth-order valence-electron chi connectivity index (χ4n) is 1.96. The van der Waals surface area contributed by atoms with Gasteiger partial charge in [-0.1, -0.05) is 6.92 Å². The predicted molar refractivity (Wildman–Crippen MR) is 85.6 cm³/mol. The third-order valence-corrected chi connectivity index (χ3v) is 4.08. The van der Waals surface area contributed by atoms with Crippen molar-refractivity contribution in [2.45, 2.75) is 85.2 Å². The first-order valence-corrected chi connectivity index (χ1v) is 7.81. The van der Waals surface area contributed by atoms with E-state index in [2.05, 4.69) is 0 Å². The summed E-state index contributed by atoms with van der Waals surface area (Å²) >= 11 is 0. The monoisotopic (exact) mass is 302 g/mol. The van der Waals surface area contributed by atoms with Crippen molar-refractivity contribution in [3.05, 3.63) is 0 Å². The molecule has 0 saturated carbocycles. The lowest BCUT2D eigenvalue weighted by Gasteiger charge is -2.34. The zero-order valence-corrected chi connectivity index (χ0v) is 15.3. The van der Waals surface area contributed by atoms with Gasteiger partial charge in [-0.15, -0.1) is 0 Å². The second-order valence-corrected chi connectivity index (χ2v) is 7.12. The first-order valence-electron chi connectivity index (χ1n) is 7.81. The van der Waals surface area contributed by atoms with Crippen molar-refractivity contribution in [1.82, 2.24) is 0 Å². The van der Waals surface area contributed by atoms with E-state index in [1.807, 2.05) is 55.4 Å². The summed E-state index contributed by atoms with van der Waals surface area (Å²) in [5.74, 6) is -0.142. The van der Waals surface area contributed by atoms with Crippen LogP contribution in [0.15, 0.2) is 0 Å². The van der Waals surface area contributed by atoms with E-state index in [4.69, 9.17) is 14.2 Å². The van der Waals surface area contributed by atoms with E-state index in [1.54, 1.807) is 7.11 Å². The Morgan fingerprint density at radius 3 is 2.00 bits per heavy atom. The van der Waals surface area contributed by atoms with Gasteiger partial charge in [-0.3, -0.25) is 4.79 Å². The number of ether oxygens (including phenoxy) is 3. The van der Waals surface area contributed by atoms with Gasteiger partial charge in [0.15, 0.2) is 5.78 Å². The van der Waals surface area contributed by atoms with Crippen molar-refractivity contribution in [1.29, 1.82) is 0 Å². The Balaban J connectivity index is 4.50. The summed E-state index contributed by atoms with van der Waals surface area (Å²) in [4.78, 5) is 12.4. The molecule has 0 spiro atoms. The largest absolute Gasteiger partial charge is 0.379 e. The molecule has 0 fully saturated rings. The molecule has 0 aliphatic carbocycles. The summed E-state index contributed by atoms with van der Waals surface area (Å²) in [7, 11) is 1.70. The second kappa shape index (κ2) is 8.25. The maximum Gasteiger partial charge on any atom is 0.166 e. The molecule has 0 heterocycles. The summed E-state index contributed by atoms with van der Waals surface area (Å²) in [5.41, 5.74) is -0.729. The molecule has 0 amide bonds. The van der Waals surface area contributed by atoms with Crippen LogP contribution in [0.3, 0.4) is 0 Å². The normalized spacial score (nSPS) is 16.1. The van der Waals surface area contributed by atoms with Crippen molar-refractivity contribution >= 4 is 5.78 Å². The Labute approximate surface area is 130 Å². The van der Waals surface area contributed by atoms with Gasteiger partial charge in [0.25, 0.3) is 0 Å². The van der Waals surface area contributed by atoms with E-state index in [1.165, 1.54) is 0 Å². The highest BCUT2D eigenvalue weighted by molar-refractivity contribution is 5.85. The molecule has 0 aromatic rings. The van der Waals surface area contributed by atoms with Crippen LogP contribution >= 0.6 is 0 Å². The minimum Gasteiger partial charge on any atom is -0.379 e. The highest BCUT2D eigenvalue weighted by Gasteiger charge is 2.35. The molecule has 0 aliphatic rings. The Morgan fingerprint density at radius 1 is 1.05 bits per heavy atom. The van der Waals surface area contributed by atoms with Crippen molar-refractivity contribution in [3.63, 3.8) is 0 Å². The average molecular weight is 302 g/mol. The minimum atomic E-state index is -0.518. The standard InChI is InChI=1S/C17H34O4/c1-12(2)21-14(4)15(18)13(3)17(7,8)20-11-10-16(5,6)19-9/h12-14H,10-11H2,1-9H3. The molecule has 0 aliphatic heterocycles. The van der Waals surface area contributed by atoms with Crippen LogP contribution in [0.4, 0.5) is 0 Å². The van der Waals surface area contributed by atoms with E-state index >= 15 is 0 Å². The van der Waals surface area contributed by atoms with Crippen LogP contribution in [0.25, 0.3) is 0 Å². The van der Waals surface area contributed by atoms with Crippen molar-refractivity contribution in [2.75, 3.05) is 13.7 Å². The number of rotatable bonds is 10. The number of ketones is 1. The number of methoxy groups -OCH3 is 1. The maximum atomic E-state index is 12.4. The lowest BCUT2D eigenvalue weighted by Crippen LogP contribution is -2.43. The summed E-state index contributed by atoms with van der Waals surface area (Å²) in [6.07, 6.45) is 0.423. The number of hydrogen-bond acceptors (Lipinski definition) is 4. The molecule has 0 radical (unpaired) electrons. The molecule has 0 aromatic carbocycles. The SMILES string of the molecule is COC(C)(C)CCOC(C)(C)C(C)C(=O)C(C)OC(C)C. The quantitative estimate of drug-likeness (QED) is 0.618. The van der Waals surface area contributed by atoms with Gasteiger partial charge in [0.2, 0.25) is 0 Å². The van der Waals surface area contributed by atoms with Crippen molar-refractivity contribution in [3.8, 4) is 0 Å². The summed E-state index contributed by atoms with van der Waals surface area (Å²) in [6.45, 7) is 16.1. The molecular weight excluding hydrogens is 268 g/mol. The van der Waals surface area contributed by atoms with Gasteiger partial charge in [0.05, 0.1) is 23.9 Å². The zero-order valence-electron chi connectivity index (χ0n) is 15.3. The molecule has 2 unspecified atom stereocenters. The first-order chi connectivity index (χ1) is 9.43. The van der Waals surface area contributed by atoms with E-state index in [9.17, 15) is 4.79 Å². The Morgan fingerprint density at radius 2 is 1.57 bits per heavy atom. The van der Waals surface area contributed by atoms with Crippen LogP contribution in [0, 0.1) is 5.92 Å². The fraction of sp³-hybridized carbons (Fsp3) is 0.941. The molecule has 4 nitrogen and oxygen atoms in total. The highest BCUT2D eigenvalue weighted by atomic mass is 16.5. The number of carbonyl (C=O) groups excluding carboxylic acids is 1. The van der Waals surface area contributed by atoms with Gasteiger partial charge in [0.1, 0.15) is 6.10 Å². The lowest BCUT2D eigenvalue weighted by molar-refractivity contribution is -0.148. The Kier molecular flexibility index (Phi) is 8.08. The third-order valence-electron chi connectivity index (χ3n) is 4.08. The van der Waals surface area contributed by atoms with Crippen LogP contribution in [0.5, 0.6) is 0 Å². The molecule has 21 heavy (non-hydrogen) atoms. The van der Waals surface area contributed by atoms with Crippen molar-refractivity contribution < 1.29 is 19.0 Å². The second-order valence-electron chi connectivity index (χ2n) is 7.12. The lowest BCUT2D eigenvalue weighted by atomic mass is 9.86. The van der Waals surface area contributed by atoms with Crippen LogP contribution in [-0.2, 0) is 19.0 Å². The highest BCUT2D eigenvalue weighted by Crippen LogP contribution is 2.25. The average Bonchev–Trinajstić information content (AvgIpc) is 2.35. The molecule has 126 valence electrons. The topological polar surface area (TPSA) is 44.8 Å².